The van der Waals surface area contributed by atoms with Crippen LogP contribution in [0.2, 0.25) is 0 Å². The van der Waals surface area contributed by atoms with Gasteiger partial charge in [0, 0.05) is 31.6 Å². The van der Waals surface area contributed by atoms with Gasteiger partial charge in [-0.3, -0.25) is 14.7 Å². The molecule has 2 rings (SSSR count). The Bertz CT molecular complexity index is 412. The number of amides is 1. The molecular weight excluding hydrogens is 429 g/mol. The number of nitrogens with one attached hydrogen (secondary N) is 3. The molecule has 1 saturated carbocycles. The second kappa shape index (κ2) is 12.7. The number of carbonyl (C=O) groups excluding carboxylic acids is 1. The largest absolute Gasteiger partial charge is 0.357 e. The number of carbonyl (C=O) groups is 1. The maximum Gasteiger partial charge on any atom is 0.221 e. The molecule has 0 aromatic carbocycles. The van der Waals surface area contributed by atoms with Gasteiger partial charge in [0.05, 0.1) is 6.54 Å². The van der Waals surface area contributed by atoms with Crippen molar-refractivity contribution >= 4 is 35.8 Å². The first-order valence-corrected chi connectivity index (χ1v) is 9.78. The Balaban J connectivity index is 0.00000312. The zero-order chi connectivity index (χ0) is 17.2. The third-order valence-electron chi connectivity index (χ3n) is 5.07. The first-order valence-electron chi connectivity index (χ1n) is 9.78. The summed E-state index contributed by atoms with van der Waals surface area (Å²) in [5, 5.41) is 9.70. The second-order valence-electron chi connectivity index (χ2n) is 6.87. The van der Waals surface area contributed by atoms with E-state index >= 15 is 0 Å². The lowest BCUT2D eigenvalue weighted by Crippen LogP contribution is -2.41. The van der Waals surface area contributed by atoms with Gasteiger partial charge in [0.2, 0.25) is 5.91 Å². The van der Waals surface area contributed by atoms with E-state index in [1.54, 1.807) is 0 Å². The number of hydrogen-bond acceptors (Lipinski definition) is 3. The Hall–Kier alpha value is -0.570. The monoisotopic (exact) mass is 465 g/mol. The molecule has 1 amide bonds. The molecule has 0 aromatic rings. The van der Waals surface area contributed by atoms with Gasteiger partial charge >= 0.3 is 0 Å². The van der Waals surface area contributed by atoms with Crippen LogP contribution in [0, 0.1) is 0 Å². The number of nitrogens with zero attached hydrogens (tertiary/aromatic N) is 2. The summed E-state index contributed by atoms with van der Waals surface area (Å²) in [5.74, 6) is 0.979. The quantitative estimate of drug-likeness (QED) is 0.292. The molecule has 1 aliphatic carbocycles. The fourth-order valence-corrected chi connectivity index (χ4v) is 3.72. The average Bonchev–Trinajstić information content (AvgIpc) is 3.23. The molecule has 1 saturated heterocycles. The zero-order valence-electron chi connectivity index (χ0n) is 15.9. The number of rotatable bonds is 8. The molecular formula is C18H36IN5O. The fraction of sp³-hybridized carbons (Fsp3) is 0.889. The highest BCUT2D eigenvalue weighted by Gasteiger charge is 2.22. The summed E-state index contributed by atoms with van der Waals surface area (Å²) in [7, 11) is 0. The van der Waals surface area contributed by atoms with Crippen LogP contribution in [-0.2, 0) is 4.79 Å². The van der Waals surface area contributed by atoms with Gasteiger partial charge < -0.3 is 16.0 Å². The van der Waals surface area contributed by atoms with Gasteiger partial charge in [-0.15, -0.1) is 24.0 Å². The highest BCUT2D eigenvalue weighted by atomic mass is 127. The smallest absolute Gasteiger partial charge is 0.221 e. The molecule has 0 spiro atoms. The van der Waals surface area contributed by atoms with Crippen molar-refractivity contribution in [1.29, 1.82) is 0 Å². The van der Waals surface area contributed by atoms with E-state index in [-0.39, 0.29) is 29.9 Å². The van der Waals surface area contributed by atoms with E-state index in [4.69, 9.17) is 4.99 Å². The van der Waals surface area contributed by atoms with Gasteiger partial charge in [-0.1, -0.05) is 19.8 Å². The van der Waals surface area contributed by atoms with Crippen molar-refractivity contribution in [2.45, 2.75) is 70.9 Å². The van der Waals surface area contributed by atoms with Gasteiger partial charge in [-0.05, 0) is 45.7 Å². The first kappa shape index (κ1) is 22.5. The van der Waals surface area contributed by atoms with Crippen LogP contribution in [0.25, 0.3) is 0 Å². The number of likely N-dealkylation sites (N-methyl/N-ethyl adjacent to an activating group) is 1. The van der Waals surface area contributed by atoms with E-state index in [1.165, 1.54) is 32.2 Å². The highest BCUT2D eigenvalue weighted by molar-refractivity contribution is 14.0. The normalized spacial score (nSPS) is 21.8. The van der Waals surface area contributed by atoms with E-state index in [2.05, 4.69) is 34.7 Å². The van der Waals surface area contributed by atoms with Crippen LogP contribution in [0.4, 0.5) is 0 Å². The minimum atomic E-state index is 0. The molecule has 1 unspecified atom stereocenters. The summed E-state index contributed by atoms with van der Waals surface area (Å²) >= 11 is 0. The van der Waals surface area contributed by atoms with Crippen LogP contribution in [0.5, 0.6) is 0 Å². The van der Waals surface area contributed by atoms with Crippen molar-refractivity contribution in [2.24, 2.45) is 4.99 Å². The Kier molecular flexibility index (Phi) is 11.4. The van der Waals surface area contributed by atoms with Gasteiger partial charge in [-0.25, -0.2) is 0 Å². The van der Waals surface area contributed by atoms with Crippen LogP contribution >= 0.6 is 24.0 Å². The van der Waals surface area contributed by atoms with Crippen LogP contribution in [0.3, 0.4) is 0 Å². The lowest BCUT2D eigenvalue weighted by atomic mass is 10.2. The van der Waals surface area contributed by atoms with E-state index < -0.39 is 0 Å². The van der Waals surface area contributed by atoms with Crippen molar-refractivity contribution in [3.8, 4) is 0 Å². The lowest BCUT2D eigenvalue weighted by Gasteiger charge is -2.21. The van der Waals surface area contributed by atoms with Gasteiger partial charge in [0.25, 0.3) is 0 Å². The third-order valence-corrected chi connectivity index (χ3v) is 5.07. The molecule has 0 aromatic heterocycles. The summed E-state index contributed by atoms with van der Waals surface area (Å²) in [6, 6.07) is 0.970. The number of halogens is 1. The Labute approximate surface area is 170 Å². The summed E-state index contributed by atoms with van der Waals surface area (Å²) in [6.45, 7) is 8.88. The fourth-order valence-electron chi connectivity index (χ4n) is 3.72. The van der Waals surface area contributed by atoms with Crippen LogP contribution in [0.15, 0.2) is 4.99 Å². The topological polar surface area (TPSA) is 68.8 Å². The zero-order valence-corrected chi connectivity index (χ0v) is 18.2. The SMILES string of the molecule is CCNC(=NCC1CCCN1CC)NCCC(=O)NC1CCCC1.I. The maximum atomic E-state index is 12.0. The summed E-state index contributed by atoms with van der Waals surface area (Å²) in [6.07, 6.45) is 7.79. The highest BCUT2D eigenvalue weighted by Crippen LogP contribution is 2.17. The van der Waals surface area contributed by atoms with E-state index in [0.29, 0.717) is 25.0 Å². The van der Waals surface area contributed by atoms with E-state index in [1.807, 2.05) is 0 Å². The minimum Gasteiger partial charge on any atom is -0.357 e. The molecule has 146 valence electrons. The van der Waals surface area contributed by atoms with Crippen molar-refractivity contribution < 1.29 is 4.79 Å². The molecule has 1 atom stereocenters. The van der Waals surface area contributed by atoms with Gasteiger partial charge in [0.1, 0.15) is 0 Å². The molecule has 6 nitrogen and oxygen atoms in total. The third kappa shape index (κ3) is 8.11. The number of hydrogen-bond donors (Lipinski definition) is 3. The Morgan fingerprint density at radius 1 is 1.12 bits per heavy atom. The van der Waals surface area contributed by atoms with E-state index in [9.17, 15) is 4.79 Å². The predicted octanol–water partition coefficient (Wildman–Crippen LogP) is 2.09. The van der Waals surface area contributed by atoms with Crippen molar-refractivity contribution in [3.05, 3.63) is 0 Å². The molecule has 3 N–H and O–H groups in total. The maximum absolute atomic E-state index is 12.0. The lowest BCUT2D eigenvalue weighted by molar-refractivity contribution is -0.121. The number of aliphatic imine (C=N–C) groups is 1. The molecule has 1 aliphatic heterocycles. The molecule has 1 heterocycles. The summed E-state index contributed by atoms with van der Waals surface area (Å²) in [4.78, 5) is 19.2. The summed E-state index contributed by atoms with van der Waals surface area (Å²) in [5.41, 5.74) is 0. The average molecular weight is 465 g/mol. The van der Waals surface area contributed by atoms with Crippen LogP contribution < -0.4 is 16.0 Å². The molecule has 2 aliphatic rings. The van der Waals surface area contributed by atoms with Gasteiger partial charge in [-0.2, -0.15) is 0 Å². The molecule has 25 heavy (non-hydrogen) atoms. The summed E-state index contributed by atoms with van der Waals surface area (Å²) < 4.78 is 0. The molecule has 2 fully saturated rings. The molecule has 0 radical (unpaired) electrons. The van der Waals surface area contributed by atoms with Crippen molar-refractivity contribution in [1.82, 2.24) is 20.9 Å². The van der Waals surface area contributed by atoms with Crippen molar-refractivity contribution in [2.75, 3.05) is 32.7 Å². The predicted molar refractivity (Wildman–Crippen MR) is 115 cm³/mol. The number of guanidine groups is 1. The van der Waals surface area contributed by atoms with Crippen molar-refractivity contribution in [3.63, 3.8) is 0 Å². The Morgan fingerprint density at radius 3 is 2.56 bits per heavy atom. The first-order chi connectivity index (χ1) is 11.7. The van der Waals surface area contributed by atoms with Crippen LogP contribution in [0.1, 0.15) is 58.8 Å². The van der Waals surface area contributed by atoms with Gasteiger partial charge in [0.15, 0.2) is 5.96 Å². The molecule has 7 heteroatoms. The van der Waals surface area contributed by atoms with E-state index in [0.717, 1.165) is 38.4 Å². The standard InChI is InChI=1S/C18H35N5O.HI/c1-3-19-18(21-14-16-10-7-13-23(16)4-2)20-12-11-17(24)22-15-8-5-6-9-15;/h15-16H,3-14H2,1-2H3,(H,22,24)(H2,19,20,21);1H. The molecule has 0 bridgehead atoms. The second-order valence-corrected chi connectivity index (χ2v) is 6.87. The minimum absolute atomic E-state index is 0. The number of likely N-dealkylation sites (tertiary alicyclic amines) is 1. The van der Waals surface area contributed by atoms with Crippen LogP contribution in [-0.4, -0.2) is 61.6 Å². The Morgan fingerprint density at radius 2 is 1.88 bits per heavy atom.